The zero-order chi connectivity index (χ0) is 20.4. The number of piperidine rings is 1. The number of rotatable bonds is 6. The number of benzene rings is 1. The van der Waals surface area contributed by atoms with Crippen LogP contribution in [-0.4, -0.2) is 50.0 Å². The summed E-state index contributed by atoms with van der Waals surface area (Å²) >= 11 is 0. The Kier molecular flexibility index (Phi) is 5.69. The van der Waals surface area contributed by atoms with Crippen LogP contribution in [0.25, 0.3) is 0 Å². The van der Waals surface area contributed by atoms with E-state index in [0.717, 1.165) is 45.2 Å². The van der Waals surface area contributed by atoms with Crippen molar-refractivity contribution in [2.45, 2.75) is 31.6 Å². The van der Waals surface area contributed by atoms with Gasteiger partial charge < -0.3 is 4.90 Å². The van der Waals surface area contributed by atoms with Gasteiger partial charge in [-0.1, -0.05) is 6.07 Å². The SMILES string of the molecule is CS(=O)(=O)Nc1ccc(C(=O)C2CCN(CC3CCc4cccnc43)CC2)cc1. The van der Waals surface area contributed by atoms with Crippen molar-refractivity contribution < 1.29 is 13.2 Å². The Morgan fingerprint density at radius 1 is 1.14 bits per heavy atom. The van der Waals surface area contributed by atoms with Gasteiger partial charge in [-0.3, -0.25) is 14.5 Å². The van der Waals surface area contributed by atoms with E-state index >= 15 is 0 Å². The van der Waals surface area contributed by atoms with Crippen LogP contribution in [0.2, 0.25) is 0 Å². The number of ketones is 1. The summed E-state index contributed by atoms with van der Waals surface area (Å²) in [5, 5.41) is 0. The predicted octanol–water partition coefficient (Wildman–Crippen LogP) is 3.08. The molecule has 1 aliphatic carbocycles. The summed E-state index contributed by atoms with van der Waals surface area (Å²) in [5.41, 5.74) is 3.77. The largest absolute Gasteiger partial charge is 0.303 e. The summed E-state index contributed by atoms with van der Waals surface area (Å²) in [6.45, 7) is 2.89. The number of pyridine rings is 1. The van der Waals surface area contributed by atoms with Crippen molar-refractivity contribution >= 4 is 21.5 Å². The summed E-state index contributed by atoms with van der Waals surface area (Å²) < 4.78 is 25.0. The lowest BCUT2D eigenvalue weighted by Gasteiger charge is -2.33. The summed E-state index contributed by atoms with van der Waals surface area (Å²) in [5.74, 6) is 0.700. The van der Waals surface area contributed by atoms with E-state index in [9.17, 15) is 13.2 Å². The fourth-order valence-electron chi connectivity index (χ4n) is 4.52. The highest BCUT2D eigenvalue weighted by Crippen LogP contribution is 2.33. The van der Waals surface area contributed by atoms with Gasteiger partial charge in [-0.2, -0.15) is 0 Å². The molecule has 1 aliphatic heterocycles. The van der Waals surface area contributed by atoms with Crippen LogP contribution in [-0.2, 0) is 16.4 Å². The molecule has 7 heteroatoms. The van der Waals surface area contributed by atoms with Gasteiger partial charge in [0.15, 0.2) is 5.78 Å². The van der Waals surface area contributed by atoms with Crippen molar-refractivity contribution in [1.82, 2.24) is 9.88 Å². The molecule has 1 fully saturated rings. The van der Waals surface area contributed by atoms with Crippen LogP contribution >= 0.6 is 0 Å². The molecule has 1 atom stereocenters. The Morgan fingerprint density at radius 2 is 1.86 bits per heavy atom. The van der Waals surface area contributed by atoms with Crippen LogP contribution in [0.15, 0.2) is 42.6 Å². The first kappa shape index (κ1) is 20.0. The van der Waals surface area contributed by atoms with Crippen molar-refractivity contribution in [3.05, 3.63) is 59.4 Å². The van der Waals surface area contributed by atoms with Gasteiger partial charge in [-0.25, -0.2) is 8.42 Å². The highest BCUT2D eigenvalue weighted by molar-refractivity contribution is 7.92. The molecule has 0 saturated carbocycles. The first-order chi connectivity index (χ1) is 13.9. The molecule has 1 aromatic carbocycles. The Hall–Kier alpha value is -2.25. The van der Waals surface area contributed by atoms with E-state index < -0.39 is 10.0 Å². The maximum Gasteiger partial charge on any atom is 0.229 e. The van der Waals surface area contributed by atoms with Gasteiger partial charge in [-0.15, -0.1) is 0 Å². The molecule has 2 aliphatic rings. The number of hydrogen-bond acceptors (Lipinski definition) is 5. The van der Waals surface area contributed by atoms with Gasteiger partial charge in [0.2, 0.25) is 10.0 Å². The van der Waals surface area contributed by atoms with Crippen LogP contribution < -0.4 is 4.72 Å². The third-order valence-electron chi connectivity index (χ3n) is 5.98. The first-order valence-corrected chi connectivity index (χ1v) is 12.1. The number of carbonyl (C=O) groups is 1. The average Bonchev–Trinajstić information content (AvgIpc) is 3.10. The van der Waals surface area contributed by atoms with Gasteiger partial charge >= 0.3 is 0 Å². The van der Waals surface area contributed by atoms with Crippen molar-refractivity contribution in [3.8, 4) is 0 Å². The monoisotopic (exact) mass is 413 g/mol. The van der Waals surface area contributed by atoms with Crippen LogP contribution in [0.4, 0.5) is 5.69 Å². The van der Waals surface area contributed by atoms with E-state index in [-0.39, 0.29) is 11.7 Å². The Labute approximate surface area is 172 Å². The molecule has 1 N–H and O–H groups in total. The number of carbonyl (C=O) groups excluding carboxylic acids is 1. The molecule has 29 heavy (non-hydrogen) atoms. The highest BCUT2D eigenvalue weighted by Gasteiger charge is 2.30. The molecule has 2 aromatic rings. The first-order valence-electron chi connectivity index (χ1n) is 10.2. The molecule has 6 nitrogen and oxygen atoms in total. The van der Waals surface area contributed by atoms with Gasteiger partial charge in [-0.05, 0) is 74.7 Å². The van der Waals surface area contributed by atoms with Crippen molar-refractivity contribution in [1.29, 1.82) is 0 Å². The minimum Gasteiger partial charge on any atom is -0.303 e. The third-order valence-corrected chi connectivity index (χ3v) is 6.59. The lowest BCUT2D eigenvalue weighted by molar-refractivity contribution is 0.0835. The molecule has 0 amide bonds. The standard InChI is InChI=1S/C22H27N3O3S/c1-29(27,28)24-20-8-6-17(7-9-20)22(26)18-10-13-25(14-11-18)15-19-5-4-16-3-2-12-23-21(16)19/h2-3,6-9,12,18-19,24H,4-5,10-11,13-15H2,1H3. The molecule has 1 unspecified atom stereocenters. The van der Waals surface area contributed by atoms with Crippen LogP contribution in [0.5, 0.6) is 0 Å². The number of nitrogens with zero attached hydrogens (tertiary/aromatic N) is 2. The zero-order valence-corrected chi connectivity index (χ0v) is 17.5. The number of hydrogen-bond donors (Lipinski definition) is 1. The van der Waals surface area contributed by atoms with Gasteiger partial charge in [0, 0.05) is 41.5 Å². The van der Waals surface area contributed by atoms with Crippen molar-refractivity contribution in [2.24, 2.45) is 5.92 Å². The molecule has 1 aromatic heterocycles. The van der Waals surface area contributed by atoms with Crippen LogP contribution in [0.1, 0.15) is 46.8 Å². The van der Waals surface area contributed by atoms with E-state index in [1.807, 2.05) is 12.3 Å². The smallest absolute Gasteiger partial charge is 0.229 e. The fraction of sp³-hybridized carbons (Fsp3) is 0.455. The number of aryl methyl sites for hydroxylation is 1. The number of Topliss-reactive ketones (excluding diaryl/α,β-unsaturated/α-hetero) is 1. The maximum atomic E-state index is 12.8. The molecular weight excluding hydrogens is 386 g/mol. The molecule has 0 bridgehead atoms. The van der Waals surface area contributed by atoms with Crippen LogP contribution in [0, 0.1) is 5.92 Å². The van der Waals surface area contributed by atoms with Gasteiger partial charge in [0.25, 0.3) is 0 Å². The number of fused-ring (bicyclic) bond motifs is 1. The van der Waals surface area contributed by atoms with E-state index in [1.54, 1.807) is 24.3 Å². The van der Waals surface area contributed by atoms with Crippen molar-refractivity contribution in [3.63, 3.8) is 0 Å². The number of anilines is 1. The van der Waals surface area contributed by atoms with E-state index in [4.69, 9.17) is 0 Å². The van der Waals surface area contributed by atoms with E-state index in [2.05, 4.69) is 20.7 Å². The summed E-state index contributed by atoms with van der Waals surface area (Å²) in [7, 11) is -3.31. The Balaban J connectivity index is 1.31. The average molecular weight is 414 g/mol. The molecule has 2 heterocycles. The van der Waals surface area contributed by atoms with Crippen LogP contribution in [0.3, 0.4) is 0 Å². The quantitative estimate of drug-likeness (QED) is 0.736. The van der Waals surface area contributed by atoms with Gasteiger partial charge in [0.05, 0.1) is 6.26 Å². The molecule has 1 saturated heterocycles. The fourth-order valence-corrected chi connectivity index (χ4v) is 5.08. The minimum absolute atomic E-state index is 0.0361. The molecular formula is C22H27N3O3S. The van der Waals surface area contributed by atoms with Crippen molar-refractivity contribution in [2.75, 3.05) is 30.6 Å². The second kappa shape index (κ2) is 8.24. The summed E-state index contributed by atoms with van der Waals surface area (Å²) in [4.78, 5) is 19.9. The second-order valence-electron chi connectivity index (χ2n) is 8.17. The number of sulfonamides is 1. The minimum atomic E-state index is -3.31. The number of nitrogens with one attached hydrogen (secondary N) is 1. The second-order valence-corrected chi connectivity index (χ2v) is 9.92. The lowest BCUT2D eigenvalue weighted by Crippen LogP contribution is -2.38. The number of likely N-dealkylation sites (tertiary alicyclic amines) is 1. The normalized spacial score (nSPS) is 20.4. The molecule has 154 valence electrons. The third kappa shape index (κ3) is 4.85. The Morgan fingerprint density at radius 3 is 2.55 bits per heavy atom. The Bertz CT molecular complexity index is 981. The lowest BCUT2D eigenvalue weighted by atomic mass is 9.88. The maximum absolute atomic E-state index is 12.8. The summed E-state index contributed by atoms with van der Waals surface area (Å²) in [6, 6.07) is 10.9. The van der Waals surface area contributed by atoms with E-state index in [1.165, 1.54) is 17.7 Å². The highest BCUT2D eigenvalue weighted by atomic mass is 32.2. The molecule has 4 rings (SSSR count). The number of aromatic nitrogens is 1. The molecule has 0 radical (unpaired) electrons. The summed E-state index contributed by atoms with van der Waals surface area (Å²) in [6.07, 6.45) is 7.01. The topological polar surface area (TPSA) is 79.4 Å². The van der Waals surface area contributed by atoms with Gasteiger partial charge in [0.1, 0.15) is 0 Å². The predicted molar refractivity (Wildman–Crippen MR) is 114 cm³/mol. The van der Waals surface area contributed by atoms with E-state index in [0.29, 0.717) is 17.2 Å². The molecule has 0 spiro atoms. The zero-order valence-electron chi connectivity index (χ0n) is 16.7.